The van der Waals surface area contributed by atoms with Crippen molar-refractivity contribution in [2.45, 2.75) is 13.0 Å². The number of nitrogens with zero attached hydrogens (tertiary/aromatic N) is 2. The van der Waals surface area contributed by atoms with Crippen LogP contribution in [0.3, 0.4) is 0 Å². The molecule has 1 aromatic carbocycles. The third-order valence-corrected chi connectivity index (χ3v) is 5.96. The fraction of sp³-hybridized carbons (Fsp3) is 0.526. The van der Waals surface area contributed by atoms with E-state index in [0.717, 1.165) is 5.56 Å². The number of fused-ring (bicyclic) bond motifs is 2. The van der Waals surface area contributed by atoms with E-state index in [0.29, 0.717) is 44.8 Å². The average Bonchev–Trinajstić information content (AvgIpc) is 3.21. The molecule has 1 N–H and O–H groups in total. The van der Waals surface area contributed by atoms with Crippen LogP contribution in [-0.4, -0.2) is 67.4 Å². The van der Waals surface area contributed by atoms with E-state index in [2.05, 4.69) is 5.32 Å². The van der Waals surface area contributed by atoms with Crippen LogP contribution in [0.1, 0.15) is 22.3 Å². The summed E-state index contributed by atoms with van der Waals surface area (Å²) in [6.45, 7) is 2.43. The van der Waals surface area contributed by atoms with Gasteiger partial charge in [0.15, 0.2) is 0 Å². The number of hydrogen-bond acceptors (Lipinski definition) is 4. The molecule has 26 heavy (non-hydrogen) atoms. The Morgan fingerprint density at radius 2 is 2.15 bits per heavy atom. The SMILES string of the molecule is CNC(=O)[C@]12CCOC[C@H]1CN(C(=O)CN1Cc3ccccc3C1=O)C2. The minimum atomic E-state index is -0.569. The molecule has 0 spiro atoms. The molecule has 0 aromatic heterocycles. The summed E-state index contributed by atoms with van der Waals surface area (Å²) in [5, 5.41) is 2.75. The minimum absolute atomic E-state index is 0.00614. The lowest BCUT2D eigenvalue weighted by Crippen LogP contribution is -2.50. The van der Waals surface area contributed by atoms with Gasteiger partial charge >= 0.3 is 0 Å². The second-order valence-corrected chi connectivity index (χ2v) is 7.35. The summed E-state index contributed by atoms with van der Waals surface area (Å²) in [5.74, 6) is -0.226. The van der Waals surface area contributed by atoms with Crippen LogP contribution in [-0.2, 0) is 20.9 Å². The van der Waals surface area contributed by atoms with Crippen molar-refractivity contribution in [3.63, 3.8) is 0 Å². The first-order valence-corrected chi connectivity index (χ1v) is 9.00. The number of benzene rings is 1. The van der Waals surface area contributed by atoms with Crippen LogP contribution >= 0.6 is 0 Å². The molecule has 7 heteroatoms. The van der Waals surface area contributed by atoms with Crippen molar-refractivity contribution in [1.82, 2.24) is 15.1 Å². The van der Waals surface area contributed by atoms with Gasteiger partial charge in [0, 0.05) is 44.8 Å². The number of ether oxygens (including phenoxy) is 1. The lowest BCUT2D eigenvalue weighted by molar-refractivity contribution is -0.139. The number of amides is 3. The van der Waals surface area contributed by atoms with Gasteiger partial charge in [-0.2, -0.15) is 0 Å². The third kappa shape index (κ3) is 2.58. The van der Waals surface area contributed by atoms with Crippen molar-refractivity contribution in [3.05, 3.63) is 35.4 Å². The highest BCUT2D eigenvalue weighted by Gasteiger charge is 2.54. The molecule has 4 rings (SSSR count). The van der Waals surface area contributed by atoms with Crippen LogP contribution in [0.15, 0.2) is 24.3 Å². The number of nitrogens with one attached hydrogen (secondary N) is 1. The van der Waals surface area contributed by atoms with Gasteiger partial charge in [0.25, 0.3) is 5.91 Å². The summed E-state index contributed by atoms with van der Waals surface area (Å²) in [5.41, 5.74) is 1.06. The van der Waals surface area contributed by atoms with Gasteiger partial charge in [-0.15, -0.1) is 0 Å². The molecule has 3 aliphatic heterocycles. The Balaban J connectivity index is 1.47. The Morgan fingerprint density at radius 3 is 2.92 bits per heavy atom. The van der Waals surface area contributed by atoms with Gasteiger partial charge in [-0.25, -0.2) is 0 Å². The maximum Gasteiger partial charge on any atom is 0.254 e. The minimum Gasteiger partial charge on any atom is -0.381 e. The molecule has 0 unspecified atom stereocenters. The van der Waals surface area contributed by atoms with Crippen LogP contribution in [0, 0.1) is 11.3 Å². The highest BCUT2D eigenvalue weighted by atomic mass is 16.5. The molecule has 2 fully saturated rings. The van der Waals surface area contributed by atoms with Crippen molar-refractivity contribution in [2.24, 2.45) is 11.3 Å². The molecule has 0 aliphatic carbocycles. The van der Waals surface area contributed by atoms with Gasteiger partial charge in [-0.05, 0) is 18.1 Å². The van der Waals surface area contributed by atoms with Crippen LogP contribution in [0.5, 0.6) is 0 Å². The maximum atomic E-state index is 12.9. The summed E-state index contributed by atoms with van der Waals surface area (Å²) >= 11 is 0. The first-order chi connectivity index (χ1) is 12.5. The summed E-state index contributed by atoms with van der Waals surface area (Å²) in [6.07, 6.45) is 0.620. The zero-order valence-electron chi connectivity index (χ0n) is 14.9. The topological polar surface area (TPSA) is 79.0 Å². The summed E-state index contributed by atoms with van der Waals surface area (Å²) in [6, 6.07) is 7.44. The molecule has 3 amide bonds. The Hall–Kier alpha value is -2.41. The summed E-state index contributed by atoms with van der Waals surface area (Å²) in [7, 11) is 1.63. The normalized spacial score (nSPS) is 27.3. The molecule has 7 nitrogen and oxygen atoms in total. The standard InChI is InChI=1S/C19H23N3O4/c1-20-18(25)19-6-7-26-11-14(19)9-22(12-19)16(23)10-21-8-13-4-2-3-5-15(13)17(21)24/h2-5,14H,6-12H2,1H3,(H,20,25)/t14-,19+/m1/s1. The molecule has 0 radical (unpaired) electrons. The second kappa shape index (κ2) is 6.39. The lowest BCUT2D eigenvalue weighted by atomic mass is 9.73. The Kier molecular flexibility index (Phi) is 4.19. The van der Waals surface area contributed by atoms with Crippen molar-refractivity contribution in [2.75, 3.05) is 39.9 Å². The van der Waals surface area contributed by atoms with Gasteiger partial charge in [0.05, 0.1) is 12.0 Å². The Morgan fingerprint density at radius 1 is 1.35 bits per heavy atom. The van der Waals surface area contributed by atoms with Gasteiger partial charge in [0.1, 0.15) is 6.54 Å². The van der Waals surface area contributed by atoms with Crippen LogP contribution in [0.2, 0.25) is 0 Å². The van der Waals surface area contributed by atoms with E-state index in [4.69, 9.17) is 4.74 Å². The molecule has 1 aromatic rings. The van der Waals surface area contributed by atoms with Gasteiger partial charge < -0.3 is 19.9 Å². The first kappa shape index (κ1) is 17.0. The van der Waals surface area contributed by atoms with Crippen molar-refractivity contribution in [1.29, 1.82) is 0 Å². The molecule has 3 heterocycles. The van der Waals surface area contributed by atoms with Crippen LogP contribution < -0.4 is 5.32 Å². The second-order valence-electron chi connectivity index (χ2n) is 7.35. The monoisotopic (exact) mass is 357 g/mol. The average molecular weight is 357 g/mol. The fourth-order valence-corrected chi connectivity index (χ4v) is 4.47. The van der Waals surface area contributed by atoms with E-state index in [-0.39, 0.29) is 30.2 Å². The highest BCUT2D eigenvalue weighted by molar-refractivity contribution is 6.00. The van der Waals surface area contributed by atoms with Crippen LogP contribution in [0.4, 0.5) is 0 Å². The first-order valence-electron chi connectivity index (χ1n) is 9.00. The van der Waals surface area contributed by atoms with Gasteiger partial charge in [0.2, 0.25) is 11.8 Å². The molecule has 2 atom stereocenters. The predicted molar refractivity (Wildman–Crippen MR) is 93.2 cm³/mol. The predicted octanol–water partition coefficient (Wildman–Crippen LogP) is 0.254. The van der Waals surface area contributed by atoms with E-state index >= 15 is 0 Å². The molecular weight excluding hydrogens is 334 g/mol. The number of hydrogen-bond donors (Lipinski definition) is 1. The number of carbonyl (C=O) groups is 3. The number of carbonyl (C=O) groups excluding carboxylic acids is 3. The smallest absolute Gasteiger partial charge is 0.254 e. The van der Waals surface area contributed by atoms with Crippen molar-refractivity contribution >= 4 is 17.7 Å². The summed E-state index contributed by atoms with van der Waals surface area (Å²) < 4.78 is 5.54. The summed E-state index contributed by atoms with van der Waals surface area (Å²) in [4.78, 5) is 41.2. The van der Waals surface area contributed by atoms with E-state index in [1.165, 1.54) is 0 Å². The largest absolute Gasteiger partial charge is 0.381 e. The Bertz CT molecular complexity index is 765. The highest BCUT2D eigenvalue weighted by Crippen LogP contribution is 2.42. The fourth-order valence-electron chi connectivity index (χ4n) is 4.47. The number of rotatable bonds is 3. The molecular formula is C19H23N3O4. The molecule has 3 aliphatic rings. The van der Waals surface area contributed by atoms with Crippen molar-refractivity contribution in [3.8, 4) is 0 Å². The molecule has 0 bridgehead atoms. The maximum absolute atomic E-state index is 12.9. The quantitative estimate of drug-likeness (QED) is 0.841. The zero-order valence-corrected chi connectivity index (χ0v) is 14.9. The van der Waals surface area contributed by atoms with Crippen molar-refractivity contribution < 1.29 is 19.1 Å². The van der Waals surface area contributed by atoms with E-state index in [1.807, 2.05) is 18.2 Å². The molecule has 2 saturated heterocycles. The lowest BCUT2D eigenvalue weighted by Gasteiger charge is -2.36. The van der Waals surface area contributed by atoms with Gasteiger partial charge in [-0.1, -0.05) is 18.2 Å². The number of likely N-dealkylation sites (tertiary alicyclic amines) is 1. The third-order valence-electron chi connectivity index (χ3n) is 5.96. The molecule has 138 valence electrons. The molecule has 0 saturated carbocycles. The van der Waals surface area contributed by atoms with E-state index < -0.39 is 5.41 Å². The van der Waals surface area contributed by atoms with E-state index in [1.54, 1.807) is 22.9 Å². The zero-order chi connectivity index (χ0) is 18.3. The Labute approximate surface area is 152 Å². The van der Waals surface area contributed by atoms with E-state index in [9.17, 15) is 14.4 Å². The van der Waals surface area contributed by atoms with Crippen LogP contribution in [0.25, 0.3) is 0 Å². The van der Waals surface area contributed by atoms with Gasteiger partial charge in [-0.3, -0.25) is 14.4 Å².